The summed E-state index contributed by atoms with van der Waals surface area (Å²) in [4.78, 5) is 20.0. The van der Waals surface area contributed by atoms with Crippen LogP contribution in [-0.2, 0) is 4.74 Å². The molecule has 2 aromatic rings. The normalized spacial score (nSPS) is 25.5. The number of halogens is 1. The number of hydrogen-bond acceptors (Lipinski definition) is 5. The molecule has 1 amide bonds. The van der Waals surface area contributed by atoms with Crippen LogP contribution in [0.4, 0.5) is 10.6 Å². The first kappa shape index (κ1) is 16.1. The number of benzene rings is 1. The number of thiazole rings is 1. The molecular formula is C17H18BrN3O2S. The van der Waals surface area contributed by atoms with Crippen molar-refractivity contribution in [3.8, 4) is 10.4 Å². The van der Waals surface area contributed by atoms with Crippen LogP contribution in [0.25, 0.3) is 10.4 Å². The molecule has 5 nitrogen and oxygen atoms in total. The Morgan fingerprint density at radius 3 is 2.71 bits per heavy atom. The van der Waals surface area contributed by atoms with Crippen LogP contribution in [0.3, 0.4) is 0 Å². The van der Waals surface area contributed by atoms with Crippen molar-refractivity contribution >= 4 is 39.2 Å². The number of carbonyl (C=O) groups is 1. The van der Waals surface area contributed by atoms with E-state index in [1.807, 2.05) is 30.3 Å². The summed E-state index contributed by atoms with van der Waals surface area (Å²) in [5.41, 5.74) is 1.03. The van der Waals surface area contributed by atoms with E-state index in [9.17, 15) is 4.79 Å². The highest BCUT2D eigenvalue weighted by molar-refractivity contribution is 9.11. The standard InChI is InChI=1S/C17H18BrN3O2S/c18-16-19-15(14(24-16)12-4-2-1-3-5-12)20-17(22)23-13-10-21-8-6-11(13)7-9-21/h1-5,11,13H,6-10H2,(H,20,22)/t13-/m0/s1. The van der Waals surface area contributed by atoms with Gasteiger partial charge in [0, 0.05) is 6.54 Å². The Kier molecular flexibility index (Phi) is 4.56. The van der Waals surface area contributed by atoms with Crippen LogP contribution in [-0.4, -0.2) is 41.7 Å². The van der Waals surface area contributed by atoms with Crippen molar-refractivity contribution in [1.29, 1.82) is 0 Å². The molecule has 126 valence electrons. The van der Waals surface area contributed by atoms with Crippen LogP contribution in [0, 0.1) is 5.92 Å². The molecule has 1 atom stereocenters. The van der Waals surface area contributed by atoms with Crippen LogP contribution in [0.5, 0.6) is 0 Å². The van der Waals surface area contributed by atoms with Gasteiger partial charge in [0.25, 0.3) is 0 Å². The van der Waals surface area contributed by atoms with Gasteiger partial charge in [-0.25, -0.2) is 9.78 Å². The van der Waals surface area contributed by atoms with E-state index in [2.05, 4.69) is 31.1 Å². The number of piperidine rings is 3. The monoisotopic (exact) mass is 407 g/mol. The molecule has 0 spiro atoms. The van der Waals surface area contributed by atoms with E-state index >= 15 is 0 Å². The minimum atomic E-state index is -0.413. The third kappa shape index (κ3) is 3.34. The summed E-state index contributed by atoms with van der Waals surface area (Å²) in [5, 5.41) is 2.83. The van der Waals surface area contributed by atoms with Crippen molar-refractivity contribution in [3.63, 3.8) is 0 Å². The van der Waals surface area contributed by atoms with Crippen LogP contribution >= 0.6 is 27.3 Å². The van der Waals surface area contributed by atoms with Crippen molar-refractivity contribution in [2.24, 2.45) is 5.92 Å². The molecule has 0 saturated carbocycles. The summed E-state index contributed by atoms with van der Waals surface area (Å²) in [5.74, 6) is 1.04. The van der Waals surface area contributed by atoms with E-state index in [0.29, 0.717) is 11.7 Å². The molecule has 1 aromatic carbocycles. The molecule has 3 saturated heterocycles. The molecule has 0 aliphatic carbocycles. The van der Waals surface area contributed by atoms with E-state index in [4.69, 9.17) is 4.74 Å². The predicted molar refractivity (Wildman–Crippen MR) is 98.3 cm³/mol. The fraction of sp³-hybridized carbons (Fsp3) is 0.412. The van der Waals surface area contributed by atoms with Gasteiger partial charge in [0.1, 0.15) is 6.10 Å². The van der Waals surface area contributed by atoms with Crippen LogP contribution in [0.1, 0.15) is 12.8 Å². The number of nitrogens with one attached hydrogen (secondary N) is 1. The molecule has 1 aromatic heterocycles. The number of nitrogens with zero attached hydrogens (tertiary/aromatic N) is 2. The average Bonchev–Trinajstić information content (AvgIpc) is 2.97. The molecule has 2 bridgehead atoms. The van der Waals surface area contributed by atoms with Crippen molar-refractivity contribution in [1.82, 2.24) is 9.88 Å². The topological polar surface area (TPSA) is 54.5 Å². The molecule has 3 aliphatic rings. The molecular weight excluding hydrogens is 390 g/mol. The number of carbonyl (C=O) groups excluding carboxylic acids is 1. The highest BCUT2D eigenvalue weighted by Gasteiger charge is 2.36. The first-order valence-corrected chi connectivity index (χ1v) is 9.72. The maximum absolute atomic E-state index is 12.3. The molecule has 3 fully saturated rings. The lowest BCUT2D eigenvalue weighted by molar-refractivity contribution is -0.0290. The Labute approximate surface area is 153 Å². The zero-order valence-electron chi connectivity index (χ0n) is 13.1. The minimum Gasteiger partial charge on any atom is -0.444 e. The maximum atomic E-state index is 12.3. The number of ether oxygens (including phenoxy) is 1. The molecule has 24 heavy (non-hydrogen) atoms. The molecule has 0 radical (unpaired) electrons. The van der Waals surface area contributed by atoms with E-state index in [0.717, 1.165) is 46.8 Å². The zero-order chi connectivity index (χ0) is 16.5. The number of amides is 1. The second-order valence-corrected chi connectivity index (χ2v) is 8.49. The Bertz CT molecular complexity index is 729. The van der Waals surface area contributed by atoms with Crippen LogP contribution in [0.2, 0.25) is 0 Å². The van der Waals surface area contributed by atoms with Gasteiger partial charge in [-0.15, -0.1) is 11.3 Å². The molecule has 3 aliphatic heterocycles. The molecule has 7 heteroatoms. The minimum absolute atomic E-state index is 0.00486. The number of hydrogen-bond donors (Lipinski definition) is 1. The van der Waals surface area contributed by atoms with E-state index in [1.54, 1.807) is 0 Å². The molecule has 4 heterocycles. The lowest BCUT2D eigenvalue weighted by Crippen LogP contribution is -2.52. The van der Waals surface area contributed by atoms with Crippen LogP contribution in [0.15, 0.2) is 34.2 Å². The van der Waals surface area contributed by atoms with E-state index in [-0.39, 0.29) is 6.10 Å². The smallest absolute Gasteiger partial charge is 0.413 e. The van der Waals surface area contributed by atoms with Crippen molar-refractivity contribution < 1.29 is 9.53 Å². The van der Waals surface area contributed by atoms with Gasteiger partial charge in [-0.2, -0.15) is 0 Å². The molecule has 1 N–H and O–H groups in total. The zero-order valence-corrected chi connectivity index (χ0v) is 15.5. The van der Waals surface area contributed by atoms with Gasteiger partial charge in [-0.1, -0.05) is 30.3 Å². The lowest BCUT2D eigenvalue weighted by atomic mass is 9.86. The highest BCUT2D eigenvalue weighted by Crippen LogP contribution is 2.36. The van der Waals surface area contributed by atoms with Gasteiger partial charge in [0.05, 0.1) is 4.88 Å². The van der Waals surface area contributed by atoms with Crippen molar-refractivity contribution in [3.05, 3.63) is 34.2 Å². The Balaban J connectivity index is 1.46. The van der Waals surface area contributed by atoms with Crippen molar-refractivity contribution in [2.75, 3.05) is 25.0 Å². The highest BCUT2D eigenvalue weighted by atomic mass is 79.9. The van der Waals surface area contributed by atoms with Crippen molar-refractivity contribution in [2.45, 2.75) is 18.9 Å². The number of aromatic nitrogens is 1. The number of fused-ring (bicyclic) bond motifs is 3. The fourth-order valence-electron chi connectivity index (χ4n) is 3.47. The molecule has 5 rings (SSSR count). The average molecular weight is 408 g/mol. The third-order valence-corrected chi connectivity index (χ3v) is 6.27. The van der Waals surface area contributed by atoms with E-state index < -0.39 is 6.09 Å². The van der Waals surface area contributed by atoms with Crippen LogP contribution < -0.4 is 5.32 Å². The number of rotatable bonds is 3. The summed E-state index contributed by atoms with van der Waals surface area (Å²) >= 11 is 4.90. The summed E-state index contributed by atoms with van der Waals surface area (Å²) in [6.45, 7) is 3.11. The number of anilines is 1. The summed E-state index contributed by atoms with van der Waals surface area (Å²) in [6, 6.07) is 9.92. The first-order chi connectivity index (χ1) is 11.7. The second-order valence-electron chi connectivity index (χ2n) is 6.22. The second kappa shape index (κ2) is 6.82. The quantitative estimate of drug-likeness (QED) is 0.827. The maximum Gasteiger partial charge on any atom is 0.413 e. The Morgan fingerprint density at radius 2 is 2.04 bits per heavy atom. The third-order valence-electron chi connectivity index (χ3n) is 4.71. The Hall–Kier alpha value is -1.44. The van der Waals surface area contributed by atoms with Gasteiger partial charge in [-0.05, 0) is 53.3 Å². The van der Waals surface area contributed by atoms with Gasteiger partial charge >= 0.3 is 6.09 Å². The summed E-state index contributed by atoms with van der Waals surface area (Å²) in [6.07, 6.45) is 1.82. The lowest BCUT2D eigenvalue weighted by Gasteiger charge is -2.43. The van der Waals surface area contributed by atoms with Gasteiger partial charge in [0.15, 0.2) is 9.73 Å². The predicted octanol–water partition coefficient (Wildman–Crippen LogP) is 4.22. The fourth-order valence-corrected chi connectivity index (χ4v) is 4.89. The SMILES string of the molecule is O=C(Nc1nc(Br)sc1-c1ccccc1)O[C@H]1CN2CCC1CC2. The summed E-state index contributed by atoms with van der Waals surface area (Å²) in [7, 11) is 0. The van der Waals surface area contributed by atoms with E-state index in [1.165, 1.54) is 11.3 Å². The Morgan fingerprint density at radius 1 is 1.29 bits per heavy atom. The van der Waals surface area contributed by atoms with Gasteiger partial charge in [0.2, 0.25) is 0 Å². The largest absolute Gasteiger partial charge is 0.444 e. The summed E-state index contributed by atoms with van der Waals surface area (Å²) < 4.78 is 6.42. The van der Waals surface area contributed by atoms with Gasteiger partial charge < -0.3 is 4.74 Å². The molecule has 0 unspecified atom stereocenters. The van der Waals surface area contributed by atoms with Gasteiger partial charge in [-0.3, -0.25) is 10.2 Å². The first-order valence-electron chi connectivity index (χ1n) is 8.11.